The van der Waals surface area contributed by atoms with Crippen molar-refractivity contribution in [2.45, 2.75) is 5.16 Å². The maximum Gasteiger partial charge on any atom is 0.211 e. The molecule has 104 valence electrons. The number of hydrogen-bond donors (Lipinski definition) is 3. The highest BCUT2D eigenvalue weighted by molar-refractivity contribution is 7.99. The minimum atomic E-state index is 0.707. The fourth-order valence-corrected chi connectivity index (χ4v) is 2.93. The number of nitrogens with two attached hydrogens (primary N) is 1. The minimum Gasteiger partial charge on any atom is -0.399 e. The first-order valence-electron chi connectivity index (χ1n) is 6.47. The lowest BCUT2D eigenvalue weighted by Gasteiger charge is -2.05. The third-order valence-corrected chi connectivity index (χ3v) is 3.89. The van der Waals surface area contributed by atoms with Crippen molar-refractivity contribution in [1.82, 2.24) is 20.2 Å². The summed E-state index contributed by atoms with van der Waals surface area (Å²) >= 11 is 1.63. The monoisotopic (exact) mass is 289 g/mol. The molecule has 3 rings (SSSR count). The van der Waals surface area contributed by atoms with Crippen molar-refractivity contribution >= 4 is 39.5 Å². The van der Waals surface area contributed by atoms with E-state index in [-0.39, 0.29) is 0 Å². The summed E-state index contributed by atoms with van der Waals surface area (Å²) in [4.78, 5) is 9.19. The number of benzene rings is 1. The Morgan fingerprint density at radius 2 is 2.15 bits per heavy atom. The van der Waals surface area contributed by atoms with Crippen molar-refractivity contribution in [2.24, 2.45) is 0 Å². The number of anilines is 1. The van der Waals surface area contributed by atoms with Crippen LogP contribution in [0, 0.1) is 0 Å². The van der Waals surface area contributed by atoms with Crippen LogP contribution in [0.1, 0.15) is 0 Å². The van der Waals surface area contributed by atoms with Crippen molar-refractivity contribution in [2.75, 3.05) is 32.1 Å². The Bertz CT molecular complexity index is 751. The Kier molecular flexibility index (Phi) is 3.45. The number of H-pyrrole nitrogens is 1. The van der Waals surface area contributed by atoms with Crippen LogP contribution in [0.4, 0.5) is 5.69 Å². The first-order chi connectivity index (χ1) is 9.63. The van der Waals surface area contributed by atoms with Crippen LogP contribution in [-0.2, 0) is 0 Å². The van der Waals surface area contributed by atoms with Gasteiger partial charge in [-0.05, 0) is 18.2 Å². The van der Waals surface area contributed by atoms with Gasteiger partial charge in [0.25, 0.3) is 0 Å². The van der Waals surface area contributed by atoms with Crippen LogP contribution < -0.4 is 10.6 Å². The van der Waals surface area contributed by atoms with Gasteiger partial charge in [0, 0.05) is 16.6 Å². The van der Waals surface area contributed by atoms with Gasteiger partial charge in [-0.2, -0.15) is 0 Å². The highest BCUT2D eigenvalue weighted by Crippen LogP contribution is 2.25. The lowest BCUT2D eigenvalue weighted by molar-refractivity contribution is -0.855. The molecule has 4 N–H and O–H groups in total. The molecule has 6 nitrogen and oxygen atoms in total. The van der Waals surface area contributed by atoms with Crippen LogP contribution in [-0.4, -0.2) is 46.6 Å². The largest absolute Gasteiger partial charge is 0.399 e. The standard InChI is InChI=1S/C13H16N6S/c1-19(2)5-6-20-13-16-12-11(17-18-13)9-7-8(14)3-4-10(9)15-12/h3-4,7H,5-6,14H2,1-2H3,(H,15,16,18)/p+1. The van der Waals surface area contributed by atoms with Crippen LogP contribution >= 0.6 is 11.8 Å². The second-order valence-electron chi connectivity index (χ2n) is 5.03. The first-order valence-corrected chi connectivity index (χ1v) is 7.45. The number of aromatic nitrogens is 4. The van der Waals surface area contributed by atoms with Gasteiger partial charge in [0.2, 0.25) is 5.16 Å². The van der Waals surface area contributed by atoms with Crippen molar-refractivity contribution < 1.29 is 4.90 Å². The highest BCUT2D eigenvalue weighted by Gasteiger charge is 2.10. The smallest absolute Gasteiger partial charge is 0.211 e. The quantitative estimate of drug-likeness (QED) is 0.476. The Labute approximate surface area is 120 Å². The zero-order valence-electron chi connectivity index (χ0n) is 11.5. The van der Waals surface area contributed by atoms with Gasteiger partial charge < -0.3 is 15.6 Å². The Morgan fingerprint density at radius 1 is 1.30 bits per heavy atom. The summed E-state index contributed by atoms with van der Waals surface area (Å²) in [6.07, 6.45) is 0. The van der Waals surface area contributed by atoms with E-state index in [2.05, 4.69) is 34.3 Å². The van der Waals surface area contributed by atoms with Crippen molar-refractivity contribution in [3.63, 3.8) is 0 Å². The number of quaternary nitrogens is 1. The molecular formula is C13H17N6S+. The van der Waals surface area contributed by atoms with Gasteiger partial charge in [-0.1, -0.05) is 11.8 Å². The second kappa shape index (κ2) is 5.26. The van der Waals surface area contributed by atoms with Gasteiger partial charge in [0.05, 0.1) is 26.4 Å². The van der Waals surface area contributed by atoms with E-state index < -0.39 is 0 Å². The molecule has 20 heavy (non-hydrogen) atoms. The normalized spacial score (nSPS) is 11.8. The van der Waals surface area contributed by atoms with Gasteiger partial charge in [-0.15, -0.1) is 10.2 Å². The lowest BCUT2D eigenvalue weighted by Crippen LogP contribution is -3.06. The number of rotatable bonds is 4. The van der Waals surface area contributed by atoms with Crippen molar-refractivity contribution in [3.05, 3.63) is 18.2 Å². The highest BCUT2D eigenvalue weighted by atomic mass is 32.2. The number of hydrogen-bond acceptors (Lipinski definition) is 5. The van der Waals surface area contributed by atoms with Crippen LogP contribution in [0.2, 0.25) is 0 Å². The van der Waals surface area contributed by atoms with Gasteiger partial charge in [-0.25, -0.2) is 4.98 Å². The fraction of sp³-hybridized carbons (Fsp3) is 0.308. The number of thioether (sulfide) groups is 1. The minimum absolute atomic E-state index is 0.707. The van der Waals surface area contributed by atoms with Gasteiger partial charge >= 0.3 is 0 Å². The number of aromatic amines is 1. The van der Waals surface area contributed by atoms with Gasteiger partial charge in [-0.3, -0.25) is 0 Å². The molecule has 3 aromatic rings. The molecule has 0 aliphatic carbocycles. The molecule has 0 radical (unpaired) electrons. The summed E-state index contributed by atoms with van der Waals surface area (Å²) in [5.41, 5.74) is 9.04. The van der Waals surface area contributed by atoms with Crippen LogP contribution in [0.5, 0.6) is 0 Å². The summed E-state index contributed by atoms with van der Waals surface area (Å²) < 4.78 is 0. The molecular weight excluding hydrogens is 272 g/mol. The molecule has 0 saturated heterocycles. The van der Waals surface area contributed by atoms with Crippen LogP contribution in [0.15, 0.2) is 23.4 Å². The molecule has 0 aliphatic heterocycles. The zero-order chi connectivity index (χ0) is 14.1. The second-order valence-corrected chi connectivity index (χ2v) is 6.09. The first kappa shape index (κ1) is 13.1. The average molecular weight is 289 g/mol. The Morgan fingerprint density at radius 3 is 2.95 bits per heavy atom. The number of nitrogens with one attached hydrogen (secondary N) is 2. The van der Waals surface area contributed by atoms with Crippen LogP contribution in [0.25, 0.3) is 22.1 Å². The number of nitrogen functional groups attached to an aromatic ring is 1. The van der Waals surface area contributed by atoms with E-state index in [4.69, 9.17) is 5.73 Å². The molecule has 0 bridgehead atoms. The molecule has 0 saturated carbocycles. The molecule has 1 aromatic carbocycles. The van der Waals surface area contributed by atoms with Crippen molar-refractivity contribution in [3.8, 4) is 0 Å². The van der Waals surface area contributed by atoms with E-state index in [1.54, 1.807) is 11.8 Å². The third kappa shape index (κ3) is 2.54. The maximum absolute atomic E-state index is 5.81. The maximum atomic E-state index is 5.81. The van der Waals surface area contributed by atoms with Crippen molar-refractivity contribution in [1.29, 1.82) is 0 Å². The Balaban J connectivity index is 1.93. The lowest BCUT2D eigenvalue weighted by atomic mass is 10.2. The topological polar surface area (TPSA) is 84.9 Å². The van der Waals surface area contributed by atoms with Gasteiger partial charge in [0.15, 0.2) is 5.65 Å². The fourth-order valence-electron chi connectivity index (χ4n) is 1.98. The Hall–Kier alpha value is -1.86. The average Bonchev–Trinajstić information content (AvgIpc) is 2.75. The van der Waals surface area contributed by atoms with E-state index in [1.807, 2.05) is 18.2 Å². The number of fused-ring (bicyclic) bond motifs is 3. The number of nitrogens with zero attached hydrogens (tertiary/aromatic N) is 3. The molecule has 0 spiro atoms. The molecule has 2 heterocycles. The van der Waals surface area contributed by atoms with Gasteiger partial charge in [0.1, 0.15) is 5.52 Å². The molecule has 0 atom stereocenters. The summed E-state index contributed by atoms with van der Waals surface area (Å²) in [6.45, 7) is 1.06. The molecule has 0 unspecified atom stereocenters. The summed E-state index contributed by atoms with van der Waals surface area (Å²) in [7, 11) is 4.26. The molecule has 7 heteroatoms. The third-order valence-electron chi connectivity index (χ3n) is 3.05. The molecule has 0 fully saturated rings. The van der Waals surface area contributed by atoms with E-state index in [0.717, 1.165) is 34.4 Å². The molecule has 0 amide bonds. The predicted molar refractivity (Wildman–Crippen MR) is 82.0 cm³/mol. The van der Waals surface area contributed by atoms with E-state index in [1.165, 1.54) is 4.90 Å². The predicted octanol–water partition coefficient (Wildman–Crippen LogP) is 0.325. The zero-order valence-corrected chi connectivity index (χ0v) is 12.3. The van der Waals surface area contributed by atoms with Crippen LogP contribution in [0.3, 0.4) is 0 Å². The summed E-state index contributed by atoms with van der Waals surface area (Å²) in [6, 6.07) is 5.70. The summed E-state index contributed by atoms with van der Waals surface area (Å²) in [5, 5.41) is 10.1. The van der Waals surface area contributed by atoms with E-state index in [9.17, 15) is 0 Å². The SMILES string of the molecule is C[NH+](C)CCSc1nnc2c(n1)[nH]c1ccc(N)cc12. The molecule has 0 aliphatic rings. The van der Waals surface area contributed by atoms with E-state index >= 15 is 0 Å². The van der Waals surface area contributed by atoms with E-state index in [0.29, 0.717) is 10.8 Å². The summed E-state index contributed by atoms with van der Waals surface area (Å²) in [5.74, 6) is 0.975. The molecule has 2 aromatic heterocycles.